The molecule has 2 aromatic rings. The van der Waals surface area contributed by atoms with E-state index in [1.54, 1.807) is 12.1 Å². The Morgan fingerprint density at radius 3 is 3.05 bits per heavy atom. The summed E-state index contributed by atoms with van der Waals surface area (Å²) in [6, 6.07) is 6.04. The number of ether oxygens (including phenoxy) is 1. The van der Waals surface area contributed by atoms with Crippen molar-refractivity contribution in [3.05, 3.63) is 30.1 Å². The Morgan fingerprint density at radius 1 is 1.57 bits per heavy atom. The van der Waals surface area contributed by atoms with E-state index in [0.29, 0.717) is 35.2 Å². The predicted octanol–water partition coefficient (Wildman–Crippen LogP) is 2.47. The third-order valence-electron chi connectivity index (χ3n) is 3.52. The van der Waals surface area contributed by atoms with Crippen molar-refractivity contribution in [1.82, 2.24) is 4.98 Å². The lowest BCUT2D eigenvalue weighted by atomic mass is 10.0. The van der Waals surface area contributed by atoms with Gasteiger partial charge in [-0.15, -0.1) is 0 Å². The average molecular weight is 291 g/mol. The molecule has 0 atom stereocenters. The first-order valence-electron chi connectivity index (χ1n) is 6.96. The summed E-state index contributed by atoms with van der Waals surface area (Å²) in [6.45, 7) is 4.40. The molecule has 6 heteroatoms. The van der Waals surface area contributed by atoms with Crippen LogP contribution in [0.5, 0.6) is 5.75 Å². The zero-order valence-electron chi connectivity index (χ0n) is 11.9. The lowest BCUT2D eigenvalue weighted by Crippen LogP contribution is -2.45. The highest BCUT2D eigenvalue weighted by Crippen LogP contribution is 2.29. The maximum absolute atomic E-state index is 12.4. The molecular weight excluding hydrogens is 273 g/mol. The second-order valence-electron chi connectivity index (χ2n) is 5.40. The number of fused-ring (bicyclic) bond motifs is 1. The molecule has 1 saturated heterocycles. The lowest BCUT2D eigenvalue weighted by Gasteiger charge is -2.35. The fraction of sp³-hybridized carbons (Fsp3) is 0.400. The van der Waals surface area contributed by atoms with Crippen LogP contribution in [0.2, 0.25) is 0 Å². The van der Waals surface area contributed by atoms with Crippen molar-refractivity contribution in [3.8, 4) is 5.75 Å². The zero-order valence-corrected chi connectivity index (χ0v) is 11.9. The number of aromatic nitrogens is 1. The van der Waals surface area contributed by atoms with Crippen molar-refractivity contribution in [2.75, 3.05) is 31.1 Å². The number of halogens is 1. The molecule has 21 heavy (non-hydrogen) atoms. The molecule has 0 spiro atoms. The van der Waals surface area contributed by atoms with E-state index in [1.807, 2.05) is 6.07 Å². The molecule has 112 valence electrons. The van der Waals surface area contributed by atoms with Crippen LogP contribution in [-0.2, 0) is 0 Å². The van der Waals surface area contributed by atoms with Gasteiger partial charge in [-0.1, -0.05) is 6.92 Å². The highest BCUT2D eigenvalue weighted by atomic mass is 19.1. The topological polar surface area (TPSA) is 64.5 Å². The third-order valence-corrected chi connectivity index (χ3v) is 3.52. The molecule has 1 aliphatic heterocycles. The van der Waals surface area contributed by atoms with Crippen LogP contribution in [0, 0.1) is 5.92 Å². The fourth-order valence-corrected chi connectivity index (χ4v) is 2.28. The number of anilines is 1. The van der Waals surface area contributed by atoms with E-state index in [2.05, 4.69) is 16.8 Å². The van der Waals surface area contributed by atoms with Crippen molar-refractivity contribution in [1.29, 1.82) is 0 Å². The number of rotatable bonds is 5. The Hall–Kier alpha value is -2.08. The van der Waals surface area contributed by atoms with Crippen LogP contribution in [0.4, 0.5) is 10.4 Å². The molecule has 2 heterocycles. The number of hydrogen-bond acceptors (Lipinski definition) is 5. The molecule has 0 unspecified atom stereocenters. The molecule has 1 fully saturated rings. The minimum atomic E-state index is 0.128. The normalized spacial score (nSPS) is 16.3. The van der Waals surface area contributed by atoms with Crippen molar-refractivity contribution < 1.29 is 13.5 Å². The highest BCUT2D eigenvalue weighted by molar-refractivity contribution is 5.76. The molecule has 3 rings (SSSR count). The van der Waals surface area contributed by atoms with E-state index < -0.39 is 0 Å². The van der Waals surface area contributed by atoms with Crippen molar-refractivity contribution in [2.45, 2.75) is 6.92 Å². The molecule has 0 aliphatic carbocycles. The SMILES string of the molecule is CC1CN(c2nc3ccc(OC/C(=C/F)CN)cc3o2)C1. The Kier molecular flexibility index (Phi) is 3.79. The van der Waals surface area contributed by atoms with Gasteiger partial charge in [0.1, 0.15) is 17.9 Å². The van der Waals surface area contributed by atoms with Gasteiger partial charge >= 0.3 is 0 Å². The summed E-state index contributed by atoms with van der Waals surface area (Å²) in [7, 11) is 0. The quantitative estimate of drug-likeness (QED) is 0.916. The van der Waals surface area contributed by atoms with E-state index in [4.69, 9.17) is 14.9 Å². The van der Waals surface area contributed by atoms with E-state index >= 15 is 0 Å². The molecule has 2 N–H and O–H groups in total. The first-order chi connectivity index (χ1) is 10.2. The average Bonchev–Trinajstić information content (AvgIpc) is 2.87. The van der Waals surface area contributed by atoms with Crippen molar-refractivity contribution in [2.24, 2.45) is 11.7 Å². The molecule has 0 radical (unpaired) electrons. The molecule has 1 aromatic carbocycles. The third kappa shape index (κ3) is 2.85. The second kappa shape index (κ2) is 5.73. The minimum Gasteiger partial charge on any atom is -0.489 e. The van der Waals surface area contributed by atoms with Crippen LogP contribution in [0.3, 0.4) is 0 Å². The largest absolute Gasteiger partial charge is 0.489 e. The van der Waals surface area contributed by atoms with Gasteiger partial charge in [-0.2, -0.15) is 4.98 Å². The van der Waals surface area contributed by atoms with E-state index in [9.17, 15) is 4.39 Å². The van der Waals surface area contributed by atoms with Crippen LogP contribution in [0.25, 0.3) is 11.1 Å². The van der Waals surface area contributed by atoms with Crippen LogP contribution in [0.1, 0.15) is 6.92 Å². The van der Waals surface area contributed by atoms with Gasteiger partial charge < -0.3 is 19.8 Å². The standard InChI is InChI=1S/C15H18FN3O2/c1-10-7-19(8-10)15-18-13-3-2-12(4-14(13)21-15)20-9-11(5-16)6-17/h2-5,10H,6-9,17H2,1H3/b11-5+. The maximum Gasteiger partial charge on any atom is 0.298 e. The smallest absolute Gasteiger partial charge is 0.298 e. The Balaban J connectivity index is 1.74. The predicted molar refractivity (Wildman–Crippen MR) is 79.1 cm³/mol. The monoisotopic (exact) mass is 291 g/mol. The van der Waals surface area contributed by atoms with Gasteiger partial charge in [0.2, 0.25) is 0 Å². The van der Waals surface area contributed by atoms with Crippen LogP contribution in [-0.4, -0.2) is 31.2 Å². The van der Waals surface area contributed by atoms with Crippen molar-refractivity contribution >= 4 is 17.1 Å². The Morgan fingerprint density at radius 2 is 2.38 bits per heavy atom. The van der Waals surface area contributed by atoms with Gasteiger partial charge in [-0.3, -0.25) is 0 Å². The van der Waals surface area contributed by atoms with Gasteiger partial charge in [0.15, 0.2) is 5.58 Å². The van der Waals surface area contributed by atoms with Crippen LogP contribution in [0.15, 0.2) is 34.5 Å². The van der Waals surface area contributed by atoms with Gasteiger partial charge in [0.05, 0.1) is 6.33 Å². The summed E-state index contributed by atoms with van der Waals surface area (Å²) >= 11 is 0. The number of nitrogens with two attached hydrogens (primary N) is 1. The molecule has 0 bridgehead atoms. The Labute approximate surface area is 122 Å². The van der Waals surface area contributed by atoms with Crippen LogP contribution < -0.4 is 15.4 Å². The molecule has 5 nitrogen and oxygen atoms in total. The number of nitrogens with zero attached hydrogens (tertiary/aromatic N) is 2. The first-order valence-corrected chi connectivity index (χ1v) is 6.96. The molecule has 1 aliphatic rings. The van der Waals surface area contributed by atoms with E-state index in [0.717, 1.165) is 18.6 Å². The molecular formula is C15H18FN3O2. The Bertz CT molecular complexity index is 662. The summed E-state index contributed by atoms with van der Waals surface area (Å²) in [4.78, 5) is 6.55. The summed E-state index contributed by atoms with van der Waals surface area (Å²) in [5.74, 6) is 1.29. The number of hydrogen-bond donors (Lipinski definition) is 1. The number of benzene rings is 1. The zero-order chi connectivity index (χ0) is 14.8. The summed E-state index contributed by atoms with van der Waals surface area (Å²) < 4.78 is 23.7. The molecule has 0 amide bonds. The van der Waals surface area contributed by atoms with Crippen LogP contribution >= 0.6 is 0 Å². The van der Waals surface area contributed by atoms with Gasteiger partial charge in [-0.05, 0) is 18.1 Å². The molecule has 1 aromatic heterocycles. The number of oxazole rings is 1. The highest BCUT2D eigenvalue weighted by Gasteiger charge is 2.26. The van der Waals surface area contributed by atoms with E-state index in [1.165, 1.54) is 0 Å². The van der Waals surface area contributed by atoms with Gasteiger partial charge in [0, 0.05) is 31.3 Å². The first kappa shape index (κ1) is 13.9. The summed E-state index contributed by atoms with van der Waals surface area (Å²) in [5, 5.41) is 0. The van der Waals surface area contributed by atoms with Gasteiger partial charge in [0.25, 0.3) is 6.01 Å². The summed E-state index contributed by atoms with van der Waals surface area (Å²) in [6.07, 6.45) is 0.482. The lowest BCUT2D eigenvalue weighted by molar-refractivity contribution is 0.347. The summed E-state index contributed by atoms with van der Waals surface area (Å²) in [5.41, 5.74) is 7.25. The fourth-order valence-electron chi connectivity index (χ4n) is 2.28. The van der Waals surface area contributed by atoms with E-state index in [-0.39, 0.29) is 13.2 Å². The maximum atomic E-state index is 12.4. The van der Waals surface area contributed by atoms with Gasteiger partial charge in [-0.25, -0.2) is 4.39 Å². The molecule has 0 saturated carbocycles. The minimum absolute atomic E-state index is 0.128. The van der Waals surface area contributed by atoms with Crippen molar-refractivity contribution in [3.63, 3.8) is 0 Å². The second-order valence-corrected chi connectivity index (χ2v) is 5.40.